The Bertz CT molecular complexity index is 773. The minimum Gasteiger partial charge on any atom is -0.356 e. The molecular weight excluding hydrogens is 396 g/mol. The highest BCUT2D eigenvalue weighted by atomic mass is 35.5. The Kier molecular flexibility index (Phi) is 8.89. The van der Waals surface area contributed by atoms with E-state index in [2.05, 4.69) is 45.2 Å². The molecule has 2 heterocycles. The standard InChI is InChI=1S/C20H26N4O2S.ClH/c1-14(25)21-12-4-5-15-7-9-16(10-8-15)18-13-27-20(23-18)24-19(26)17-6-2-3-11-22-17;/h7-10,13,17,22H,2-6,11-12H2,1H3,(H,21,25)(H,23,24,26);1H. The summed E-state index contributed by atoms with van der Waals surface area (Å²) in [6, 6.07) is 8.18. The molecule has 1 fully saturated rings. The molecule has 0 aliphatic carbocycles. The highest BCUT2D eigenvalue weighted by Crippen LogP contribution is 2.25. The summed E-state index contributed by atoms with van der Waals surface area (Å²) < 4.78 is 0. The minimum atomic E-state index is -0.108. The average molecular weight is 423 g/mol. The van der Waals surface area contributed by atoms with Gasteiger partial charge < -0.3 is 16.0 Å². The van der Waals surface area contributed by atoms with E-state index in [0.29, 0.717) is 11.7 Å². The number of halogens is 1. The average Bonchev–Trinajstić information content (AvgIpc) is 3.15. The number of nitrogens with one attached hydrogen (secondary N) is 3. The summed E-state index contributed by atoms with van der Waals surface area (Å²) in [4.78, 5) is 27.7. The van der Waals surface area contributed by atoms with Crippen LogP contribution >= 0.6 is 23.7 Å². The molecule has 1 aromatic carbocycles. The van der Waals surface area contributed by atoms with E-state index >= 15 is 0 Å². The fourth-order valence-electron chi connectivity index (χ4n) is 3.13. The number of aryl methyl sites for hydroxylation is 1. The number of thiazole rings is 1. The molecule has 28 heavy (non-hydrogen) atoms. The molecule has 152 valence electrons. The first kappa shape index (κ1) is 22.3. The normalized spacial score (nSPS) is 16.1. The van der Waals surface area contributed by atoms with Crippen LogP contribution in [0.3, 0.4) is 0 Å². The number of rotatable bonds is 7. The van der Waals surface area contributed by atoms with Gasteiger partial charge in [0, 0.05) is 24.4 Å². The molecular formula is C20H27ClN4O2S. The zero-order valence-corrected chi connectivity index (χ0v) is 17.6. The molecule has 3 N–H and O–H groups in total. The van der Waals surface area contributed by atoms with Crippen LogP contribution in [-0.4, -0.2) is 35.9 Å². The second kappa shape index (κ2) is 11.1. The molecule has 0 saturated carbocycles. The largest absolute Gasteiger partial charge is 0.356 e. The van der Waals surface area contributed by atoms with E-state index in [9.17, 15) is 9.59 Å². The molecule has 1 aliphatic heterocycles. The molecule has 3 rings (SSSR count). The van der Waals surface area contributed by atoms with Gasteiger partial charge in [0.05, 0.1) is 11.7 Å². The van der Waals surface area contributed by atoms with Crippen LogP contribution in [0, 0.1) is 0 Å². The number of anilines is 1. The van der Waals surface area contributed by atoms with E-state index in [1.807, 2.05) is 5.38 Å². The summed E-state index contributed by atoms with van der Waals surface area (Å²) in [7, 11) is 0. The van der Waals surface area contributed by atoms with Crippen molar-refractivity contribution in [2.24, 2.45) is 0 Å². The molecule has 8 heteroatoms. The van der Waals surface area contributed by atoms with E-state index in [4.69, 9.17) is 0 Å². The van der Waals surface area contributed by atoms with Crippen LogP contribution < -0.4 is 16.0 Å². The van der Waals surface area contributed by atoms with Crippen molar-refractivity contribution >= 4 is 40.7 Å². The smallest absolute Gasteiger partial charge is 0.243 e. The van der Waals surface area contributed by atoms with Crippen LogP contribution in [0.5, 0.6) is 0 Å². The van der Waals surface area contributed by atoms with Gasteiger partial charge in [-0.1, -0.05) is 30.7 Å². The van der Waals surface area contributed by atoms with Crippen molar-refractivity contribution < 1.29 is 9.59 Å². The summed E-state index contributed by atoms with van der Waals surface area (Å²) >= 11 is 1.45. The second-order valence-electron chi connectivity index (χ2n) is 6.81. The van der Waals surface area contributed by atoms with E-state index in [1.165, 1.54) is 23.8 Å². The third-order valence-corrected chi connectivity index (χ3v) is 5.38. The molecule has 1 saturated heterocycles. The topological polar surface area (TPSA) is 83.1 Å². The lowest BCUT2D eigenvalue weighted by atomic mass is 10.0. The van der Waals surface area contributed by atoms with Gasteiger partial charge in [0.25, 0.3) is 0 Å². The minimum absolute atomic E-state index is 0. The summed E-state index contributed by atoms with van der Waals surface area (Å²) in [5.74, 6) is 0.0150. The van der Waals surface area contributed by atoms with Gasteiger partial charge in [-0.2, -0.15) is 0 Å². The van der Waals surface area contributed by atoms with Gasteiger partial charge >= 0.3 is 0 Å². The maximum absolute atomic E-state index is 12.3. The fraction of sp³-hybridized carbons (Fsp3) is 0.450. The monoisotopic (exact) mass is 422 g/mol. The van der Waals surface area contributed by atoms with Crippen LogP contribution in [0.15, 0.2) is 29.6 Å². The first-order valence-electron chi connectivity index (χ1n) is 9.45. The molecule has 0 radical (unpaired) electrons. The predicted molar refractivity (Wildman–Crippen MR) is 116 cm³/mol. The van der Waals surface area contributed by atoms with Crippen molar-refractivity contribution in [2.45, 2.75) is 45.1 Å². The van der Waals surface area contributed by atoms with Crippen LogP contribution in [0.4, 0.5) is 5.13 Å². The van der Waals surface area contributed by atoms with Gasteiger partial charge in [-0.15, -0.1) is 23.7 Å². The Hall–Kier alpha value is -1.96. The third kappa shape index (κ3) is 6.58. The Balaban J connectivity index is 0.00000280. The lowest BCUT2D eigenvalue weighted by molar-refractivity contribution is -0.119. The number of carbonyl (C=O) groups excluding carboxylic acids is 2. The lowest BCUT2D eigenvalue weighted by Crippen LogP contribution is -2.43. The first-order valence-corrected chi connectivity index (χ1v) is 10.3. The maximum atomic E-state index is 12.3. The molecule has 1 aliphatic rings. The van der Waals surface area contributed by atoms with Crippen LogP contribution in [0.1, 0.15) is 38.2 Å². The van der Waals surface area contributed by atoms with Crippen molar-refractivity contribution in [3.63, 3.8) is 0 Å². The highest BCUT2D eigenvalue weighted by Gasteiger charge is 2.21. The number of nitrogens with zero attached hydrogens (tertiary/aromatic N) is 1. The van der Waals surface area contributed by atoms with Gasteiger partial charge in [-0.3, -0.25) is 9.59 Å². The van der Waals surface area contributed by atoms with Crippen molar-refractivity contribution in [1.82, 2.24) is 15.6 Å². The molecule has 1 aromatic heterocycles. The Morgan fingerprint density at radius 2 is 2.04 bits per heavy atom. The van der Waals surface area contributed by atoms with E-state index in [1.54, 1.807) is 0 Å². The third-order valence-electron chi connectivity index (χ3n) is 4.63. The zero-order chi connectivity index (χ0) is 19.1. The van der Waals surface area contributed by atoms with Crippen molar-refractivity contribution in [2.75, 3.05) is 18.4 Å². The van der Waals surface area contributed by atoms with Crippen LogP contribution in [0.2, 0.25) is 0 Å². The zero-order valence-electron chi connectivity index (χ0n) is 16.0. The number of carbonyl (C=O) groups is 2. The number of benzene rings is 1. The maximum Gasteiger partial charge on any atom is 0.243 e. The van der Waals surface area contributed by atoms with Crippen molar-refractivity contribution in [1.29, 1.82) is 0 Å². The van der Waals surface area contributed by atoms with Gasteiger partial charge in [-0.05, 0) is 37.8 Å². The summed E-state index contributed by atoms with van der Waals surface area (Å²) in [5, 5.41) is 11.6. The summed E-state index contributed by atoms with van der Waals surface area (Å²) in [5.41, 5.74) is 3.14. The Labute approximate surface area is 175 Å². The molecule has 6 nitrogen and oxygen atoms in total. The number of amides is 2. The van der Waals surface area contributed by atoms with Crippen LogP contribution in [0.25, 0.3) is 11.3 Å². The van der Waals surface area contributed by atoms with Gasteiger partial charge in [0.2, 0.25) is 11.8 Å². The van der Waals surface area contributed by atoms with Gasteiger partial charge in [0.15, 0.2) is 5.13 Å². The number of piperidine rings is 1. The lowest BCUT2D eigenvalue weighted by Gasteiger charge is -2.21. The number of aromatic nitrogens is 1. The fourth-order valence-corrected chi connectivity index (χ4v) is 3.85. The highest BCUT2D eigenvalue weighted by molar-refractivity contribution is 7.14. The Morgan fingerprint density at radius 3 is 2.71 bits per heavy atom. The SMILES string of the molecule is CC(=O)NCCCc1ccc(-c2csc(NC(=O)C3CCCCN3)n2)cc1.Cl. The van der Waals surface area contributed by atoms with E-state index < -0.39 is 0 Å². The summed E-state index contributed by atoms with van der Waals surface area (Å²) in [6.07, 6.45) is 4.95. The quantitative estimate of drug-likeness (QED) is 0.597. The van der Waals surface area contributed by atoms with E-state index in [0.717, 1.165) is 49.9 Å². The summed E-state index contributed by atoms with van der Waals surface area (Å²) in [6.45, 7) is 3.13. The second-order valence-corrected chi connectivity index (χ2v) is 7.67. The molecule has 1 atom stereocenters. The molecule has 1 unspecified atom stereocenters. The predicted octanol–water partition coefficient (Wildman–Crippen LogP) is 3.38. The molecule has 0 spiro atoms. The molecule has 0 bridgehead atoms. The molecule has 2 amide bonds. The van der Waals surface area contributed by atoms with Gasteiger partial charge in [0.1, 0.15) is 0 Å². The van der Waals surface area contributed by atoms with E-state index in [-0.39, 0.29) is 30.3 Å². The van der Waals surface area contributed by atoms with Crippen molar-refractivity contribution in [3.05, 3.63) is 35.2 Å². The van der Waals surface area contributed by atoms with Crippen LogP contribution in [-0.2, 0) is 16.0 Å². The number of hydrogen-bond donors (Lipinski definition) is 3. The Morgan fingerprint density at radius 1 is 1.25 bits per heavy atom. The van der Waals surface area contributed by atoms with Gasteiger partial charge in [-0.25, -0.2) is 4.98 Å². The number of hydrogen-bond acceptors (Lipinski definition) is 5. The molecule has 2 aromatic rings. The first-order chi connectivity index (χ1) is 13.1. The van der Waals surface area contributed by atoms with Crippen molar-refractivity contribution in [3.8, 4) is 11.3 Å².